The molecule has 9 heteroatoms. The number of amides is 1. The second-order valence-corrected chi connectivity index (χ2v) is 6.98. The van der Waals surface area contributed by atoms with Crippen LogP contribution in [-0.4, -0.2) is 19.5 Å². The van der Waals surface area contributed by atoms with Gasteiger partial charge >= 0.3 is 0 Å². The van der Waals surface area contributed by atoms with Gasteiger partial charge < -0.3 is 14.3 Å². The van der Waals surface area contributed by atoms with Crippen LogP contribution in [0.4, 0.5) is 5.69 Å². The molecule has 2 N–H and O–H groups in total. The standard InChI is InChI=1S/C16H15N3O5S/c1-11-9-15(24-19-11)16(20)18-12-4-6-14(7-5-12)25(21,22)17-10-13-3-2-8-23-13/h2-9,17H,10H2,1H3,(H,18,20). The molecule has 8 nitrogen and oxygen atoms in total. The predicted octanol–water partition coefficient (Wildman–Crippen LogP) is 2.31. The van der Waals surface area contributed by atoms with Crippen LogP contribution in [0.2, 0.25) is 0 Å². The topological polar surface area (TPSA) is 114 Å². The van der Waals surface area contributed by atoms with Crippen molar-refractivity contribution in [1.82, 2.24) is 9.88 Å². The summed E-state index contributed by atoms with van der Waals surface area (Å²) >= 11 is 0. The highest BCUT2D eigenvalue weighted by Crippen LogP contribution is 2.16. The van der Waals surface area contributed by atoms with Gasteiger partial charge in [-0.25, -0.2) is 13.1 Å². The molecule has 130 valence electrons. The van der Waals surface area contributed by atoms with E-state index in [0.717, 1.165) is 0 Å². The fraction of sp³-hybridized carbons (Fsp3) is 0.125. The third kappa shape index (κ3) is 4.14. The summed E-state index contributed by atoms with van der Waals surface area (Å²) in [6.45, 7) is 1.76. The maximum absolute atomic E-state index is 12.2. The molecule has 2 aromatic heterocycles. The van der Waals surface area contributed by atoms with E-state index in [-0.39, 0.29) is 17.2 Å². The van der Waals surface area contributed by atoms with E-state index in [1.165, 1.54) is 36.6 Å². The molecule has 0 fully saturated rings. The van der Waals surface area contributed by atoms with Crippen molar-refractivity contribution >= 4 is 21.6 Å². The number of hydrogen-bond acceptors (Lipinski definition) is 6. The molecule has 0 saturated carbocycles. The number of aromatic nitrogens is 1. The van der Waals surface area contributed by atoms with Crippen molar-refractivity contribution in [2.75, 3.05) is 5.32 Å². The minimum atomic E-state index is -3.68. The molecule has 0 aliphatic carbocycles. The number of aryl methyl sites for hydroxylation is 1. The lowest BCUT2D eigenvalue weighted by atomic mass is 10.3. The highest BCUT2D eigenvalue weighted by molar-refractivity contribution is 7.89. The van der Waals surface area contributed by atoms with Gasteiger partial charge in [-0.15, -0.1) is 0 Å². The summed E-state index contributed by atoms with van der Waals surface area (Å²) in [6.07, 6.45) is 1.47. The van der Waals surface area contributed by atoms with Gasteiger partial charge in [0, 0.05) is 11.8 Å². The second-order valence-electron chi connectivity index (χ2n) is 5.21. The van der Waals surface area contributed by atoms with Crippen molar-refractivity contribution in [1.29, 1.82) is 0 Å². The Hall–Kier alpha value is -2.91. The van der Waals surface area contributed by atoms with E-state index in [0.29, 0.717) is 17.1 Å². The highest BCUT2D eigenvalue weighted by Gasteiger charge is 2.15. The molecule has 0 aliphatic rings. The highest BCUT2D eigenvalue weighted by atomic mass is 32.2. The molecule has 1 amide bonds. The van der Waals surface area contributed by atoms with E-state index in [2.05, 4.69) is 15.2 Å². The lowest BCUT2D eigenvalue weighted by Gasteiger charge is -2.07. The van der Waals surface area contributed by atoms with Gasteiger partial charge in [0.2, 0.25) is 15.8 Å². The van der Waals surface area contributed by atoms with Crippen LogP contribution < -0.4 is 10.0 Å². The molecule has 0 atom stereocenters. The number of furan rings is 1. The first-order chi connectivity index (χ1) is 11.9. The van der Waals surface area contributed by atoms with Crippen LogP contribution in [0.5, 0.6) is 0 Å². The van der Waals surface area contributed by atoms with Crippen LogP contribution in [0.1, 0.15) is 22.0 Å². The number of hydrogen-bond donors (Lipinski definition) is 2. The Kier molecular flexibility index (Phi) is 4.68. The van der Waals surface area contributed by atoms with E-state index < -0.39 is 15.9 Å². The summed E-state index contributed by atoms with van der Waals surface area (Å²) in [6, 6.07) is 10.6. The van der Waals surface area contributed by atoms with E-state index in [1.807, 2.05) is 0 Å². The third-order valence-corrected chi connectivity index (χ3v) is 4.71. The molecular weight excluding hydrogens is 346 g/mol. The molecule has 0 saturated heterocycles. The Morgan fingerprint density at radius 2 is 1.96 bits per heavy atom. The van der Waals surface area contributed by atoms with Gasteiger partial charge in [0.25, 0.3) is 5.91 Å². The van der Waals surface area contributed by atoms with Crippen molar-refractivity contribution in [3.05, 3.63) is 65.9 Å². The number of rotatable bonds is 6. The summed E-state index contributed by atoms with van der Waals surface area (Å²) in [5, 5.41) is 6.24. The number of nitrogens with one attached hydrogen (secondary N) is 2. The summed E-state index contributed by atoms with van der Waals surface area (Å²) in [7, 11) is -3.68. The maximum Gasteiger partial charge on any atom is 0.294 e. The molecule has 0 spiro atoms. The molecule has 3 aromatic rings. The largest absolute Gasteiger partial charge is 0.468 e. The Bertz CT molecular complexity index is 960. The zero-order chi connectivity index (χ0) is 17.9. The minimum Gasteiger partial charge on any atom is -0.468 e. The van der Waals surface area contributed by atoms with Crippen molar-refractivity contribution in [2.24, 2.45) is 0 Å². The van der Waals surface area contributed by atoms with Crippen LogP contribution in [0.15, 0.2) is 62.6 Å². The predicted molar refractivity (Wildman–Crippen MR) is 88.4 cm³/mol. The Morgan fingerprint density at radius 1 is 1.20 bits per heavy atom. The SMILES string of the molecule is Cc1cc(C(=O)Nc2ccc(S(=O)(=O)NCc3ccco3)cc2)on1. The van der Waals surface area contributed by atoms with Crippen LogP contribution in [0.25, 0.3) is 0 Å². The van der Waals surface area contributed by atoms with Crippen LogP contribution in [-0.2, 0) is 16.6 Å². The van der Waals surface area contributed by atoms with E-state index >= 15 is 0 Å². The van der Waals surface area contributed by atoms with Gasteiger partial charge in [0.1, 0.15) is 5.76 Å². The van der Waals surface area contributed by atoms with Crippen LogP contribution in [0, 0.1) is 6.92 Å². The normalized spacial score (nSPS) is 11.4. The summed E-state index contributed by atoms with van der Waals surface area (Å²) in [5.41, 5.74) is 1.03. The minimum absolute atomic E-state index is 0.0542. The number of nitrogens with zero attached hydrogens (tertiary/aromatic N) is 1. The quantitative estimate of drug-likeness (QED) is 0.696. The fourth-order valence-electron chi connectivity index (χ4n) is 2.04. The molecule has 2 heterocycles. The monoisotopic (exact) mass is 361 g/mol. The summed E-state index contributed by atoms with van der Waals surface area (Å²) in [5.74, 6) is 0.122. The van der Waals surface area contributed by atoms with E-state index in [1.54, 1.807) is 19.1 Å². The molecule has 0 aliphatic heterocycles. The number of carbonyl (C=O) groups is 1. The first-order valence-electron chi connectivity index (χ1n) is 7.31. The first kappa shape index (κ1) is 16.9. The van der Waals surface area contributed by atoms with Crippen LogP contribution in [0.3, 0.4) is 0 Å². The number of carbonyl (C=O) groups excluding carboxylic acids is 1. The number of anilines is 1. The molecule has 0 bridgehead atoms. The van der Waals surface area contributed by atoms with Crippen molar-refractivity contribution in [3.63, 3.8) is 0 Å². The lowest BCUT2D eigenvalue weighted by molar-refractivity contribution is 0.0988. The molecular formula is C16H15N3O5S. The molecule has 3 rings (SSSR count). The third-order valence-electron chi connectivity index (χ3n) is 3.29. The zero-order valence-corrected chi connectivity index (χ0v) is 14.0. The van der Waals surface area contributed by atoms with Gasteiger partial charge in [-0.05, 0) is 43.3 Å². The lowest BCUT2D eigenvalue weighted by Crippen LogP contribution is -2.23. The Morgan fingerprint density at radius 3 is 2.56 bits per heavy atom. The van der Waals surface area contributed by atoms with Gasteiger partial charge in [0.05, 0.1) is 23.4 Å². The average Bonchev–Trinajstić information content (AvgIpc) is 3.25. The van der Waals surface area contributed by atoms with E-state index in [4.69, 9.17) is 8.94 Å². The maximum atomic E-state index is 12.2. The summed E-state index contributed by atoms with van der Waals surface area (Å²) < 4.78 is 36.8. The van der Waals surface area contributed by atoms with Crippen LogP contribution >= 0.6 is 0 Å². The van der Waals surface area contributed by atoms with Gasteiger partial charge in [-0.1, -0.05) is 5.16 Å². The molecule has 1 aromatic carbocycles. The van der Waals surface area contributed by atoms with Crippen molar-refractivity contribution in [2.45, 2.75) is 18.4 Å². The molecule has 0 unspecified atom stereocenters. The van der Waals surface area contributed by atoms with Crippen molar-refractivity contribution in [3.8, 4) is 0 Å². The first-order valence-corrected chi connectivity index (χ1v) is 8.79. The Balaban J connectivity index is 1.65. The second kappa shape index (κ2) is 6.91. The van der Waals surface area contributed by atoms with Crippen molar-refractivity contribution < 1.29 is 22.2 Å². The summed E-state index contributed by atoms with van der Waals surface area (Å²) in [4.78, 5) is 12.0. The Labute approximate surface area is 143 Å². The molecule has 0 radical (unpaired) electrons. The zero-order valence-electron chi connectivity index (χ0n) is 13.2. The van der Waals surface area contributed by atoms with Gasteiger partial charge in [-0.3, -0.25) is 4.79 Å². The van der Waals surface area contributed by atoms with Gasteiger partial charge in [-0.2, -0.15) is 0 Å². The van der Waals surface area contributed by atoms with E-state index in [9.17, 15) is 13.2 Å². The average molecular weight is 361 g/mol. The molecule has 25 heavy (non-hydrogen) atoms. The fourth-order valence-corrected chi connectivity index (χ4v) is 3.04. The number of sulfonamides is 1. The van der Waals surface area contributed by atoms with Gasteiger partial charge in [0.15, 0.2) is 0 Å². The number of benzene rings is 1. The smallest absolute Gasteiger partial charge is 0.294 e.